The molecule has 1 rings (SSSR count). The summed E-state index contributed by atoms with van der Waals surface area (Å²) in [5.41, 5.74) is 5.63. The fourth-order valence-corrected chi connectivity index (χ4v) is 1.62. The normalized spacial score (nSPS) is 17.1. The van der Waals surface area contributed by atoms with Crippen molar-refractivity contribution in [3.05, 3.63) is 0 Å². The molecule has 0 radical (unpaired) electrons. The Morgan fingerprint density at radius 1 is 1.53 bits per heavy atom. The third-order valence-corrected chi connectivity index (χ3v) is 3.00. The summed E-state index contributed by atoms with van der Waals surface area (Å²) in [7, 11) is 1.82. The van der Waals surface area contributed by atoms with Crippen LogP contribution in [0.2, 0.25) is 0 Å². The molecule has 15 heavy (non-hydrogen) atoms. The molecule has 88 valence electrons. The maximum atomic E-state index is 11.7. The van der Waals surface area contributed by atoms with Crippen LogP contribution in [-0.2, 0) is 0 Å². The number of hydrogen-bond donors (Lipinski definition) is 2. The number of rotatable bonds is 4. The highest BCUT2D eigenvalue weighted by molar-refractivity contribution is 5.74. The van der Waals surface area contributed by atoms with Gasteiger partial charge in [-0.3, -0.25) is 0 Å². The lowest BCUT2D eigenvalue weighted by Crippen LogP contribution is -2.49. The third kappa shape index (κ3) is 3.70. The molecule has 0 aromatic heterocycles. The van der Waals surface area contributed by atoms with Crippen molar-refractivity contribution in [1.29, 1.82) is 0 Å². The molecule has 0 spiro atoms. The van der Waals surface area contributed by atoms with Gasteiger partial charge >= 0.3 is 6.03 Å². The standard InChI is InChI=1S/C11H23N3O/c1-11(2,7-12)8-14(3)10(15)13-9-5-4-6-9/h9H,4-8,12H2,1-3H3,(H,13,15). The zero-order valence-electron chi connectivity index (χ0n) is 10.0. The van der Waals surface area contributed by atoms with Gasteiger partial charge in [-0.05, 0) is 31.2 Å². The second kappa shape index (κ2) is 4.84. The van der Waals surface area contributed by atoms with E-state index in [0.717, 1.165) is 12.8 Å². The Kier molecular flexibility index (Phi) is 3.97. The van der Waals surface area contributed by atoms with Crippen LogP contribution in [0.3, 0.4) is 0 Å². The first-order valence-electron chi connectivity index (χ1n) is 5.66. The Hall–Kier alpha value is -0.770. The van der Waals surface area contributed by atoms with Gasteiger partial charge in [-0.15, -0.1) is 0 Å². The van der Waals surface area contributed by atoms with Crippen LogP contribution < -0.4 is 11.1 Å². The van der Waals surface area contributed by atoms with Crippen molar-refractivity contribution in [2.75, 3.05) is 20.1 Å². The number of amides is 2. The molecular weight excluding hydrogens is 190 g/mol. The summed E-state index contributed by atoms with van der Waals surface area (Å²) in [6.07, 6.45) is 3.49. The Labute approximate surface area is 92.2 Å². The van der Waals surface area contributed by atoms with E-state index in [9.17, 15) is 4.79 Å². The Morgan fingerprint density at radius 3 is 2.53 bits per heavy atom. The van der Waals surface area contributed by atoms with Gasteiger partial charge in [-0.1, -0.05) is 13.8 Å². The molecule has 0 bridgehead atoms. The van der Waals surface area contributed by atoms with E-state index in [4.69, 9.17) is 5.73 Å². The fraction of sp³-hybridized carbons (Fsp3) is 0.909. The lowest BCUT2D eigenvalue weighted by molar-refractivity contribution is 0.175. The van der Waals surface area contributed by atoms with Gasteiger partial charge in [0.1, 0.15) is 0 Å². The van der Waals surface area contributed by atoms with Crippen LogP contribution in [0.5, 0.6) is 0 Å². The van der Waals surface area contributed by atoms with E-state index in [0.29, 0.717) is 19.1 Å². The van der Waals surface area contributed by atoms with E-state index in [-0.39, 0.29) is 11.4 Å². The summed E-state index contributed by atoms with van der Waals surface area (Å²) in [6.45, 7) is 5.43. The van der Waals surface area contributed by atoms with Crippen LogP contribution in [0.15, 0.2) is 0 Å². The minimum atomic E-state index is -0.00823. The van der Waals surface area contributed by atoms with E-state index < -0.39 is 0 Å². The number of urea groups is 1. The van der Waals surface area contributed by atoms with E-state index in [1.165, 1.54) is 6.42 Å². The zero-order chi connectivity index (χ0) is 11.5. The van der Waals surface area contributed by atoms with Crippen molar-refractivity contribution in [3.63, 3.8) is 0 Å². The highest BCUT2D eigenvalue weighted by Gasteiger charge is 2.24. The van der Waals surface area contributed by atoms with Crippen LogP contribution in [0.4, 0.5) is 4.79 Å². The maximum absolute atomic E-state index is 11.7. The minimum Gasteiger partial charge on any atom is -0.335 e. The minimum absolute atomic E-state index is 0.00823. The average Bonchev–Trinajstić information content (AvgIpc) is 2.10. The zero-order valence-corrected chi connectivity index (χ0v) is 10.0. The first-order chi connectivity index (χ1) is 6.94. The summed E-state index contributed by atoms with van der Waals surface area (Å²) in [5, 5.41) is 3.01. The van der Waals surface area contributed by atoms with Crippen LogP contribution in [-0.4, -0.2) is 37.1 Å². The van der Waals surface area contributed by atoms with Gasteiger partial charge in [0.2, 0.25) is 0 Å². The van der Waals surface area contributed by atoms with Crippen LogP contribution in [0.25, 0.3) is 0 Å². The highest BCUT2D eigenvalue weighted by Crippen LogP contribution is 2.19. The van der Waals surface area contributed by atoms with Crippen molar-refractivity contribution in [3.8, 4) is 0 Å². The molecule has 0 unspecified atom stereocenters. The molecule has 0 saturated heterocycles. The number of nitrogens with two attached hydrogens (primary N) is 1. The molecule has 0 heterocycles. The third-order valence-electron chi connectivity index (χ3n) is 3.00. The van der Waals surface area contributed by atoms with Gasteiger partial charge in [-0.2, -0.15) is 0 Å². The summed E-state index contributed by atoms with van der Waals surface area (Å²) in [4.78, 5) is 13.4. The van der Waals surface area contributed by atoms with Gasteiger partial charge in [0, 0.05) is 19.6 Å². The maximum Gasteiger partial charge on any atom is 0.317 e. The van der Waals surface area contributed by atoms with Crippen molar-refractivity contribution in [2.45, 2.75) is 39.2 Å². The van der Waals surface area contributed by atoms with Crippen molar-refractivity contribution < 1.29 is 4.79 Å². The molecule has 0 aromatic carbocycles. The smallest absolute Gasteiger partial charge is 0.317 e. The van der Waals surface area contributed by atoms with Crippen molar-refractivity contribution in [2.24, 2.45) is 11.1 Å². The summed E-state index contributed by atoms with van der Waals surface area (Å²) in [6, 6.07) is 0.433. The Morgan fingerprint density at radius 2 is 2.13 bits per heavy atom. The summed E-state index contributed by atoms with van der Waals surface area (Å²) < 4.78 is 0. The topological polar surface area (TPSA) is 58.4 Å². The van der Waals surface area contributed by atoms with E-state index in [1.807, 2.05) is 7.05 Å². The van der Waals surface area contributed by atoms with Crippen molar-refractivity contribution >= 4 is 6.03 Å². The summed E-state index contributed by atoms with van der Waals surface area (Å²) in [5.74, 6) is 0. The molecular formula is C11H23N3O. The van der Waals surface area contributed by atoms with Gasteiger partial charge in [-0.25, -0.2) is 4.79 Å². The van der Waals surface area contributed by atoms with Crippen LogP contribution >= 0.6 is 0 Å². The first-order valence-corrected chi connectivity index (χ1v) is 5.66. The highest BCUT2D eigenvalue weighted by atomic mass is 16.2. The molecule has 3 N–H and O–H groups in total. The Balaban J connectivity index is 2.31. The number of carbonyl (C=O) groups is 1. The van der Waals surface area contributed by atoms with E-state index in [2.05, 4.69) is 19.2 Å². The monoisotopic (exact) mass is 213 g/mol. The van der Waals surface area contributed by atoms with Crippen molar-refractivity contribution in [1.82, 2.24) is 10.2 Å². The Bertz CT molecular complexity index is 224. The van der Waals surface area contributed by atoms with Gasteiger partial charge < -0.3 is 16.0 Å². The van der Waals surface area contributed by atoms with Gasteiger partial charge in [0.05, 0.1) is 0 Å². The molecule has 0 atom stereocenters. The van der Waals surface area contributed by atoms with Crippen LogP contribution in [0, 0.1) is 5.41 Å². The van der Waals surface area contributed by atoms with E-state index in [1.54, 1.807) is 4.90 Å². The van der Waals surface area contributed by atoms with Gasteiger partial charge in [0.15, 0.2) is 0 Å². The molecule has 4 nitrogen and oxygen atoms in total. The molecule has 1 fully saturated rings. The largest absolute Gasteiger partial charge is 0.335 e. The second-order valence-electron chi connectivity index (χ2n) is 5.30. The summed E-state index contributed by atoms with van der Waals surface area (Å²) >= 11 is 0. The molecule has 1 aliphatic rings. The first kappa shape index (κ1) is 12.3. The van der Waals surface area contributed by atoms with E-state index >= 15 is 0 Å². The lowest BCUT2D eigenvalue weighted by atomic mass is 9.92. The SMILES string of the molecule is CN(CC(C)(C)CN)C(=O)NC1CCC1. The molecule has 2 amide bonds. The predicted octanol–water partition coefficient (Wildman–Crippen LogP) is 1.17. The number of hydrogen-bond acceptors (Lipinski definition) is 2. The fourth-order valence-electron chi connectivity index (χ4n) is 1.62. The number of nitrogens with one attached hydrogen (secondary N) is 1. The van der Waals surface area contributed by atoms with Gasteiger partial charge in [0.25, 0.3) is 0 Å². The number of carbonyl (C=O) groups excluding carboxylic acids is 1. The molecule has 4 heteroatoms. The molecule has 0 aliphatic heterocycles. The second-order valence-corrected chi connectivity index (χ2v) is 5.30. The lowest BCUT2D eigenvalue weighted by Gasteiger charge is -2.32. The quantitative estimate of drug-likeness (QED) is 0.736. The molecule has 1 aliphatic carbocycles. The molecule has 0 aromatic rings. The molecule has 1 saturated carbocycles. The average molecular weight is 213 g/mol. The predicted molar refractivity (Wildman–Crippen MR) is 61.6 cm³/mol. The van der Waals surface area contributed by atoms with Crippen LogP contribution in [0.1, 0.15) is 33.1 Å². The number of nitrogens with zero attached hydrogens (tertiary/aromatic N) is 1.